The van der Waals surface area contributed by atoms with Crippen molar-refractivity contribution in [3.63, 3.8) is 0 Å². The van der Waals surface area contributed by atoms with Gasteiger partial charge in [-0.1, -0.05) is 121 Å². The third kappa shape index (κ3) is 4.71. The van der Waals surface area contributed by atoms with Crippen molar-refractivity contribution >= 4 is 60.9 Å². The number of hydrogen-bond acceptors (Lipinski definition) is 2. The summed E-state index contributed by atoms with van der Waals surface area (Å²) >= 11 is 0. The Hall–Kier alpha value is -6.12. The van der Waals surface area contributed by atoms with E-state index in [1.165, 1.54) is 82.8 Å². The van der Waals surface area contributed by atoms with Gasteiger partial charge in [-0.3, -0.25) is 0 Å². The topological polar surface area (TPSA) is 16.4 Å². The Bertz CT molecular complexity index is 2700. The summed E-state index contributed by atoms with van der Waals surface area (Å²) in [6.45, 7) is 0. The molecule has 1 aromatic heterocycles. The standard InChI is InChI=1S/C48H35NO/c1-2-13-36(14-3-1)49(37-25-21-33(22-26-37)39-19-10-12-32-11-4-5-15-38(32)39)45-29-28-40(42-16-6-7-17-43(42)45)34-23-27-41-35(31-34)24-30-47-48(41)44-18-8-9-20-46(44)50-47/h1-2,4-5,7-13,15,17-31H,3,6,14,16H2. The van der Waals surface area contributed by atoms with Gasteiger partial charge in [-0.15, -0.1) is 0 Å². The third-order valence-corrected chi connectivity index (χ3v) is 10.6. The van der Waals surface area contributed by atoms with Gasteiger partial charge in [0.25, 0.3) is 0 Å². The lowest BCUT2D eigenvalue weighted by atomic mass is 9.86. The van der Waals surface area contributed by atoms with Gasteiger partial charge in [-0.2, -0.15) is 0 Å². The largest absolute Gasteiger partial charge is 0.456 e. The van der Waals surface area contributed by atoms with Gasteiger partial charge in [-0.25, -0.2) is 0 Å². The summed E-state index contributed by atoms with van der Waals surface area (Å²) < 4.78 is 6.20. The number of para-hydroxylation sites is 1. The zero-order chi connectivity index (χ0) is 33.0. The van der Waals surface area contributed by atoms with E-state index in [1.54, 1.807) is 0 Å². The molecule has 0 saturated heterocycles. The van der Waals surface area contributed by atoms with Crippen LogP contribution in [0, 0.1) is 0 Å². The van der Waals surface area contributed by atoms with E-state index in [4.69, 9.17) is 4.42 Å². The van der Waals surface area contributed by atoms with Crippen molar-refractivity contribution in [1.29, 1.82) is 0 Å². The second-order valence-corrected chi connectivity index (χ2v) is 13.5. The molecule has 0 radical (unpaired) electrons. The lowest BCUT2D eigenvalue weighted by molar-refractivity contribution is 0.669. The van der Waals surface area contributed by atoms with Crippen LogP contribution in [0.3, 0.4) is 0 Å². The van der Waals surface area contributed by atoms with Crippen molar-refractivity contribution in [2.45, 2.75) is 25.7 Å². The van der Waals surface area contributed by atoms with Crippen LogP contribution in [0.15, 0.2) is 168 Å². The van der Waals surface area contributed by atoms with Gasteiger partial charge >= 0.3 is 0 Å². The van der Waals surface area contributed by atoms with Crippen molar-refractivity contribution in [2.24, 2.45) is 0 Å². The van der Waals surface area contributed by atoms with E-state index in [-0.39, 0.29) is 0 Å². The molecule has 0 spiro atoms. The molecule has 2 aliphatic carbocycles. The maximum Gasteiger partial charge on any atom is 0.136 e. The van der Waals surface area contributed by atoms with E-state index in [0.717, 1.165) is 36.8 Å². The average molecular weight is 642 g/mol. The van der Waals surface area contributed by atoms with E-state index in [9.17, 15) is 0 Å². The normalized spacial score (nSPS) is 14.0. The van der Waals surface area contributed by atoms with Crippen LogP contribution < -0.4 is 4.90 Å². The molecule has 2 nitrogen and oxygen atoms in total. The molecule has 7 aromatic carbocycles. The van der Waals surface area contributed by atoms with E-state index in [0.29, 0.717) is 0 Å². The first-order valence-electron chi connectivity index (χ1n) is 17.7. The van der Waals surface area contributed by atoms with Crippen LogP contribution in [-0.2, 0) is 6.42 Å². The Morgan fingerprint density at radius 2 is 1.36 bits per heavy atom. The second kappa shape index (κ2) is 11.8. The lowest BCUT2D eigenvalue weighted by Crippen LogP contribution is -2.19. The Balaban J connectivity index is 1.09. The van der Waals surface area contributed by atoms with Gasteiger partial charge in [-0.05, 0) is 118 Å². The molecule has 8 aromatic rings. The molecule has 0 amide bonds. The van der Waals surface area contributed by atoms with Crippen molar-refractivity contribution in [3.05, 3.63) is 175 Å². The van der Waals surface area contributed by atoms with E-state index in [2.05, 4.69) is 163 Å². The number of rotatable bonds is 5. The van der Waals surface area contributed by atoms with E-state index in [1.807, 2.05) is 6.07 Å². The first-order chi connectivity index (χ1) is 24.8. The molecular formula is C48H35NO. The summed E-state index contributed by atoms with van der Waals surface area (Å²) in [5, 5.41) is 7.38. The molecule has 2 heteroatoms. The Kier molecular flexibility index (Phi) is 6.80. The zero-order valence-electron chi connectivity index (χ0n) is 27.8. The van der Waals surface area contributed by atoms with Crippen LogP contribution in [0.2, 0.25) is 0 Å². The number of furan rings is 1. The molecule has 0 aliphatic heterocycles. The molecule has 238 valence electrons. The summed E-state index contributed by atoms with van der Waals surface area (Å²) in [4.78, 5) is 2.50. The molecule has 10 rings (SSSR count). The van der Waals surface area contributed by atoms with Gasteiger partial charge in [0.1, 0.15) is 11.2 Å². The fraction of sp³-hybridized carbons (Fsp3) is 0.0833. The predicted octanol–water partition coefficient (Wildman–Crippen LogP) is 13.6. The van der Waals surface area contributed by atoms with E-state index >= 15 is 0 Å². The SMILES string of the molecule is C1=CCCC(N(c2ccc(-c3cccc4ccccc34)cc2)c2ccc(-c3ccc4c(ccc5oc6ccccc6c54)c3)c3c2C=CCC3)=C1. The second-order valence-electron chi connectivity index (χ2n) is 13.5. The van der Waals surface area contributed by atoms with Crippen molar-refractivity contribution < 1.29 is 4.42 Å². The number of fused-ring (bicyclic) bond motifs is 7. The first kappa shape index (κ1) is 28.9. The van der Waals surface area contributed by atoms with Crippen molar-refractivity contribution in [2.75, 3.05) is 4.90 Å². The van der Waals surface area contributed by atoms with Crippen LogP contribution in [0.5, 0.6) is 0 Å². The third-order valence-electron chi connectivity index (χ3n) is 10.6. The van der Waals surface area contributed by atoms with Crippen molar-refractivity contribution in [1.82, 2.24) is 0 Å². The summed E-state index contributed by atoms with van der Waals surface area (Å²) in [5.41, 5.74) is 13.4. The highest BCUT2D eigenvalue weighted by atomic mass is 16.3. The molecule has 0 N–H and O–H groups in total. The number of benzene rings is 7. The fourth-order valence-electron chi connectivity index (χ4n) is 8.23. The Morgan fingerprint density at radius 1 is 0.540 bits per heavy atom. The van der Waals surface area contributed by atoms with Crippen LogP contribution in [0.1, 0.15) is 30.4 Å². The molecule has 0 unspecified atom stereocenters. The molecule has 50 heavy (non-hydrogen) atoms. The highest BCUT2D eigenvalue weighted by Crippen LogP contribution is 2.44. The van der Waals surface area contributed by atoms with E-state index < -0.39 is 0 Å². The monoisotopic (exact) mass is 641 g/mol. The Labute approximate surface area is 291 Å². The minimum Gasteiger partial charge on any atom is -0.456 e. The Morgan fingerprint density at radius 3 is 2.26 bits per heavy atom. The minimum absolute atomic E-state index is 0.937. The molecule has 2 aliphatic rings. The number of nitrogens with zero attached hydrogens (tertiary/aromatic N) is 1. The molecule has 0 bridgehead atoms. The van der Waals surface area contributed by atoms with Gasteiger partial charge in [0.05, 0.1) is 5.69 Å². The molecular weight excluding hydrogens is 607 g/mol. The maximum atomic E-state index is 6.20. The summed E-state index contributed by atoms with van der Waals surface area (Å²) in [7, 11) is 0. The van der Waals surface area contributed by atoms with Gasteiger partial charge < -0.3 is 9.32 Å². The maximum absolute atomic E-state index is 6.20. The summed E-state index contributed by atoms with van der Waals surface area (Å²) in [6.07, 6.45) is 15.6. The highest BCUT2D eigenvalue weighted by molar-refractivity contribution is 6.19. The quantitative estimate of drug-likeness (QED) is 0.186. The van der Waals surface area contributed by atoms with Gasteiger partial charge in [0, 0.05) is 27.7 Å². The molecule has 0 atom stereocenters. The summed E-state index contributed by atoms with van der Waals surface area (Å²) in [6, 6.07) is 48.7. The first-order valence-corrected chi connectivity index (χ1v) is 17.7. The van der Waals surface area contributed by atoms with Crippen LogP contribution >= 0.6 is 0 Å². The number of allylic oxidation sites excluding steroid dienone is 5. The van der Waals surface area contributed by atoms with Gasteiger partial charge in [0.2, 0.25) is 0 Å². The highest BCUT2D eigenvalue weighted by Gasteiger charge is 2.23. The molecule has 0 fully saturated rings. The average Bonchev–Trinajstić information content (AvgIpc) is 3.58. The fourth-order valence-corrected chi connectivity index (χ4v) is 8.23. The number of hydrogen-bond donors (Lipinski definition) is 0. The van der Waals surface area contributed by atoms with Crippen LogP contribution in [0.4, 0.5) is 11.4 Å². The summed E-state index contributed by atoms with van der Waals surface area (Å²) in [5.74, 6) is 0. The smallest absolute Gasteiger partial charge is 0.136 e. The van der Waals surface area contributed by atoms with Crippen LogP contribution in [0.25, 0.3) is 71.8 Å². The lowest BCUT2D eigenvalue weighted by Gasteiger charge is -2.32. The van der Waals surface area contributed by atoms with Crippen LogP contribution in [-0.4, -0.2) is 0 Å². The van der Waals surface area contributed by atoms with Crippen molar-refractivity contribution in [3.8, 4) is 22.3 Å². The molecule has 0 saturated carbocycles. The minimum atomic E-state index is 0.937. The van der Waals surface area contributed by atoms with Gasteiger partial charge in [0.15, 0.2) is 0 Å². The number of anilines is 2. The zero-order valence-corrected chi connectivity index (χ0v) is 27.8. The predicted molar refractivity (Wildman–Crippen MR) is 212 cm³/mol. The molecule has 1 heterocycles.